The Labute approximate surface area is 182 Å². The van der Waals surface area contributed by atoms with Crippen LogP contribution in [0, 0.1) is 0 Å². The van der Waals surface area contributed by atoms with Gasteiger partial charge in [0.1, 0.15) is 5.92 Å². The summed E-state index contributed by atoms with van der Waals surface area (Å²) >= 11 is 3.49. The Morgan fingerprint density at radius 1 is 1.40 bits per heavy atom. The number of aliphatic hydroxyl groups is 1. The number of carbonyl (C=O) groups is 1. The normalized spacial score (nSPS) is 16.5. The van der Waals surface area contributed by atoms with Crippen LogP contribution in [0.5, 0.6) is 0 Å². The van der Waals surface area contributed by atoms with Crippen LogP contribution in [0.2, 0.25) is 0 Å². The maximum Gasteiger partial charge on any atom is 0.238 e. The van der Waals surface area contributed by atoms with E-state index >= 15 is 0 Å². The van der Waals surface area contributed by atoms with Crippen LogP contribution < -0.4 is 10.6 Å². The van der Waals surface area contributed by atoms with Crippen LogP contribution in [0.15, 0.2) is 28.9 Å². The van der Waals surface area contributed by atoms with Crippen molar-refractivity contribution < 1.29 is 14.6 Å². The largest absolute Gasteiger partial charge is 0.392 e. The van der Waals surface area contributed by atoms with Crippen LogP contribution in [-0.4, -0.2) is 56.6 Å². The molecule has 0 radical (unpaired) electrons. The van der Waals surface area contributed by atoms with Crippen molar-refractivity contribution in [1.82, 2.24) is 19.7 Å². The minimum atomic E-state index is -0.584. The Morgan fingerprint density at radius 3 is 3.00 bits per heavy atom. The molecule has 158 valence electrons. The van der Waals surface area contributed by atoms with Crippen molar-refractivity contribution in [2.45, 2.75) is 32.4 Å². The van der Waals surface area contributed by atoms with Gasteiger partial charge < -0.3 is 20.5 Å². The van der Waals surface area contributed by atoms with Crippen molar-refractivity contribution in [3.8, 4) is 0 Å². The number of halogens is 1. The Morgan fingerprint density at radius 2 is 2.23 bits per heavy atom. The highest BCUT2D eigenvalue weighted by Crippen LogP contribution is 2.40. The number of anilines is 2. The third-order valence-corrected chi connectivity index (χ3v) is 5.29. The molecule has 9 nitrogen and oxygen atoms in total. The van der Waals surface area contributed by atoms with Gasteiger partial charge in [0.25, 0.3) is 0 Å². The second-order valence-corrected chi connectivity index (χ2v) is 8.06. The van der Waals surface area contributed by atoms with Gasteiger partial charge in [-0.3, -0.25) is 9.48 Å². The molecule has 0 saturated heterocycles. The highest BCUT2D eigenvalue weighted by molar-refractivity contribution is 9.10. The third kappa shape index (κ3) is 4.16. The molecule has 2 atom stereocenters. The lowest BCUT2D eigenvalue weighted by molar-refractivity contribution is -0.116. The molecule has 2 unspecified atom stereocenters. The van der Waals surface area contributed by atoms with E-state index in [1.54, 1.807) is 11.6 Å². The molecule has 0 aliphatic carbocycles. The summed E-state index contributed by atoms with van der Waals surface area (Å²) in [5.41, 5.74) is 2.67. The molecule has 3 N–H and O–H groups in total. The van der Waals surface area contributed by atoms with E-state index in [2.05, 4.69) is 41.6 Å². The lowest BCUT2D eigenvalue weighted by atomic mass is 9.95. The standard InChI is InChI=1S/C20H23BrN6O3/c1-3-30-7-6-27-10-14-17(24-20(22-9-11(2)28)25-18(14)26-27)16-13-8-12(21)4-5-15(13)23-19(16)29/h4-5,8,10-11,16,28H,3,6-7,9H2,1-2H3,(H,23,29)(H,22,25,26). The predicted molar refractivity (Wildman–Crippen MR) is 117 cm³/mol. The molecule has 0 bridgehead atoms. The summed E-state index contributed by atoms with van der Waals surface area (Å²) in [6, 6.07) is 5.68. The first kappa shape index (κ1) is 20.7. The monoisotopic (exact) mass is 474 g/mol. The minimum absolute atomic E-state index is 0.147. The number of hydrogen-bond donors (Lipinski definition) is 3. The maximum absolute atomic E-state index is 12.9. The molecule has 3 heterocycles. The first-order chi connectivity index (χ1) is 14.5. The van der Waals surface area contributed by atoms with E-state index in [4.69, 9.17) is 4.74 Å². The van der Waals surface area contributed by atoms with Crippen molar-refractivity contribution in [1.29, 1.82) is 0 Å². The van der Waals surface area contributed by atoms with Crippen LogP contribution in [0.4, 0.5) is 11.6 Å². The fraction of sp³-hybridized carbons (Fsp3) is 0.400. The van der Waals surface area contributed by atoms with E-state index in [1.165, 1.54) is 0 Å². The summed E-state index contributed by atoms with van der Waals surface area (Å²) in [5, 5.41) is 20.8. The van der Waals surface area contributed by atoms with Gasteiger partial charge in [-0.05, 0) is 37.6 Å². The average molecular weight is 475 g/mol. The highest BCUT2D eigenvalue weighted by atomic mass is 79.9. The molecule has 3 aromatic rings. The average Bonchev–Trinajstić information content (AvgIpc) is 3.25. The van der Waals surface area contributed by atoms with Crippen LogP contribution in [-0.2, 0) is 16.1 Å². The number of ether oxygens (including phenoxy) is 1. The number of nitrogens with one attached hydrogen (secondary N) is 2. The third-order valence-electron chi connectivity index (χ3n) is 4.80. The number of aliphatic hydroxyl groups excluding tert-OH is 1. The van der Waals surface area contributed by atoms with Crippen LogP contribution in [0.25, 0.3) is 11.0 Å². The molecular weight excluding hydrogens is 452 g/mol. The number of hydrogen-bond acceptors (Lipinski definition) is 7. The molecule has 30 heavy (non-hydrogen) atoms. The lowest BCUT2D eigenvalue weighted by Gasteiger charge is -2.12. The summed E-state index contributed by atoms with van der Waals surface area (Å²) in [6.07, 6.45) is 1.29. The zero-order valence-electron chi connectivity index (χ0n) is 16.7. The van der Waals surface area contributed by atoms with Gasteiger partial charge in [-0.2, -0.15) is 10.1 Å². The topological polar surface area (TPSA) is 114 Å². The van der Waals surface area contributed by atoms with Gasteiger partial charge in [-0.25, -0.2) is 4.98 Å². The number of carbonyl (C=O) groups excluding carboxylic acids is 1. The molecule has 0 fully saturated rings. The Kier molecular flexibility index (Phi) is 5.98. The molecule has 1 aliphatic rings. The summed E-state index contributed by atoms with van der Waals surface area (Å²) in [7, 11) is 0. The first-order valence-corrected chi connectivity index (χ1v) is 10.6. The van der Waals surface area contributed by atoms with Gasteiger partial charge in [0.05, 0.1) is 30.3 Å². The molecule has 2 aromatic heterocycles. The van der Waals surface area contributed by atoms with Gasteiger partial charge in [0.2, 0.25) is 11.9 Å². The van der Waals surface area contributed by atoms with E-state index < -0.39 is 12.0 Å². The van der Waals surface area contributed by atoms with E-state index in [-0.39, 0.29) is 12.5 Å². The van der Waals surface area contributed by atoms with E-state index in [0.717, 1.165) is 15.7 Å². The molecule has 1 aromatic carbocycles. The summed E-state index contributed by atoms with van der Waals surface area (Å²) < 4.78 is 8.06. The highest BCUT2D eigenvalue weighted by Gasteiger charge is 2.35. The SMILES string of the molecule is CCOCCn1cc2c(C3C(=O)Nc4ccc(Br)cc43)nc(NCC(C)O)nc2n1. The Hall–Kier alpha value is -2.56. The van der Waals surface area contributed by atoms with Gasteiger partial charge in [0, 0.05) is 29.5 Å². The van der Waals surface area contributed by atoms with E-state index in [1.807, 2.05) is 31.3 Å². The number of nitrogens with zero attached hydrogens (tertiary/aromatic N) is 4. The molecular formula is C20H23BrN6O3. The zero-order valence-corrected chi connectivity index (χ0v) is 18.3. The predicted octanol–water partition coefficient (Wildman–Crippen LogP) is 2.50. The molecule has 0 saturated carbocycles. The molecule has 1 aliphatic heterocycles. The first-order valence-electron chi connectivity index (χ1n) is 9.81. The number of amides is 1. The van der Waals surface area contributed by atoms with Gasteiger partial charge in [-0.15, -0.1) is 0 Å². The minimum Gasteiger partial charge on any atom is -0.392 e. The second kappa shape index (κ2) is 8.66. The summed E-state index contributed by atoms with van der Waals surface area (Å²) in [5.74, 6) is -0.406. The summed E-state index contributed by atoms with van der Waals surface area (Å²) in [6.45, 7) is 5.63. The molecule has 0 spiro atoms. The van der Waals surface area contributed by atoms with Crippen molar-refractivity contribution in [2.75, 3.05) is 30.4 Å². The van der Waals surface area contributed by atoms with Crippen LogP contribution in [0.1, 0.15) is 31.0 Å². The Bertz CT molecular complexity index is 1080. The smallest absolute Gasteiger partial charge is 0.238 e. The van der Waals surface area contributed by atoms with Crippen molar-refractivity contribution in [2.24, 2.45) is 0 Å². The Balaban J connectivity index is 1.80. The second-order valence-electron chi connectivity index (χ2n) is 7.14. The fourth-order valence-corrected chi connectivity index (χ4v) is 3.81. The number of benzene rings is 1. The lowest BCUT2D eigenvalue weighted by Crippen LogP contribution is -2.19. The van der Waals surface area contributed by atoms with Crippen molar-refractivity contribution >= 4 is 44.5 Å². The zero-order chi connectivity index (χ0) is 21.3. The summed E-state index contributed by atoms with van der Waals surface area (Å²) in [4.78, 5) is 22.0. The molecule has 10 heteroatoms. The van der Waals surface area contributed by atoms with Crippen molar-refractivity contribution in [3.05, 3.63) is 40.1 Å². The quantitative estimate of drug-likeness (QED) is 0.429. The molecule has 1 amide bonds. The number of rotatable bonds is 8. The number of aromatic nitrogens is 4. The molecule has 4 rings (SSSR count). The van der Waals surface area contributed by atoms with E-state index in [9.17, 15) is 9.90 Å². The van der Waals surface area contributed by atoms with Gasteiger partial charge in [-0.1, -0.05) is 15.9 Å². The van der Waals surface area contributed by atoms with Crippen LogP contribution in [0.3, 0.4) is 0 Å². The van der Waals surface area contributed by atoms with E-state index in [0.29, 0.717) is 42.4 Å². The maximum atomic E-state index is 12.9. The van der Waals surface area contributed by atoms with Gasteiger partial charge in [0.15, 0.2) is 5.65 Å². The number of fused-ring (bicyclic) bond motifs is 2. The van der Waals surface area contributed by atoms with Crippen molar-refractivity contribution in [3.63, 3.8) is 0 Å². The van der Waals surface area contributed by atoms with Crippen LogP contribution >= 0.6 is 15.9 Å². The fourth-order valence-electron chi connectivity index (χ4n) is 3.43. The van der Waals surface area contributed by atoms with Gasteiger partial charge >= 0.3 is 0 Å².